The van der Waals surface area contributed by atoms with Crippen molar-refractivity contribution >= 4 is 65.4 Å². The van der Waals surface area contributed by atoms with E-state index in [1.807, 2.05) is 24.3 Å². The van der Waals surface area contributed by atoms with E-state index in [4.69, 9.17) is 9.97 Å². The molecule has 0 saturated carbocycles. The van der Waals surface area contributed by atoms with Gasteiger partial charge in [0.2, 0.25) is 0 Å². The van der Waals surface area contributed by atoms with Gasteiger partial charge in [-0.05, 0) is 101 Å². The molecule has 0 unspecified atom stereocenters. The van der Waals surface area contributed by atoms with Gasteiger partial charge >= 0.3 is 0 Å². The number of hydrogen-bond donors (Lipinski definition) is 0. The molecule has 4 heterocycles. The number of hydrogen-bond acceptors (Lipinski definition) is 2. The monoisotopic (exact) mass is 955 g/mol. The molecule has 0 radical (unpaired) electrons. The second-order valence-corrected chi connectivity index (χ2v) is 19.4. The van der Waals surface area contributed by atoms with Crippen LogP contribution in [0.4, 0.5) is 0 Å². The van der Waals surface area contributed by atoms with E-state index in [2.05, 4.69) is 262 Å². The first-order valence-corrected chi connectivity index (χ1v) is 25.6. The van der Waals surface area contributed by atoms with Crippen LogP contribution in [0.3, 0.4) is 0 Å². The van der Waals surface area contributed by atoms with Crippen LogP contribution < -0.4 is 0 Å². The van der Waals surface area contributed by atoms with Gasteiger partial charge < -0.3 is 13.7 Å². The minimum absolute atomic E-state index is 0.697. The van der Waals surface area contributed by atoms with Crippen LogP contribution >= 0.6 is 0 Å². The lowest BCUT2D eigenvalue weighted by atomic mass is 10.00. The molecular weight excluding hydrogens is 911 g/mol. The van der Waals surface area contributed by atoms with E-state index >= 15 is 0 Å². The molecule has 5 heteroatoms. The van der Waals surface area contributed by atoms with Gasteiger partial charge in [0.05, 0.1) is 44.5 Å². The van der Waals surface area contributed by atoms with Gasteiger partial charge in [-0.3, -0.25) is 0 Å². The number of para-hydroxylation sites is 4. The molecule has 0 N–H and O–H groups in total. The number of nitrogens with zero attached hydrogens (tertiary/aromatic N) is 5. The van der Waals surface area contributed by atoms with Gasteiger partial charge in [0.1, 0.15) is 0 Å². The molecule has 0 aliphatic carbocycles. The van der Waals surface area contributed by atoms with Gasteiger partial charge in [0.15, 0.2) is 5.82 Å². The van der Waals surface area contributed by atoms with E-state index in [0.717, 1.165) is 78.4 Å². The lowest BCUT2D eigenvalue weighted by Crippen LogP contribution is -1.97. The summed E-state index contributed by atoms with van der Waals surface area (Å²) in [6, 6.07) is 98.3. The Labute approximate surface area is 433 Å². The molecule has 5 nitrogen and oxygen atoms in total. The van der Waals surface area contributed by atoms with Gasteiger partial charge in [0.25, 0.3) is 0 Å². The van der Waals surface area contributed by atoms with Crippen molar-refractivity contribution in [3.05, 3.63) is 273 Å². The lowest BCUT2D eigenvalue weighted by Gasteiger charge is -2.13. The Morgan fingerprint density at radius 2 is 0.493 bits per heavy atom. The quantitative estimate of drug-likeness (QED) is 0.152. The molecule has 11 aromatic carbocycles. The fourth-order valence-corrected chi connectivity index (χ4v) is 11.5. The Bertz CT molecular complexity index is 4390. The summed E-state index contributed by atoms with van der Waals surface area (Å²) in [6.45, 7) is 0. The number of aromatic nitrogens is 5. The average molecular weight is 956 g/mol. The third kappa shape index (κ3) is 7.08. The highest BCUT2D eigenvalue weighted by molar-refractivity contribution is 6.14. The highest BCUT2D eigenvalue weighted by Crippen LogP contribution is 2.41. The molecule has 0 bridgehead atoms. The van der Waals surface area contributed by atoms with Gasteiger partial charge in [-0.15, -0.1) is 0 Å². The fraction of sp³-hybridized carbons (Fsp3) is 0. The standard InChI is InChI=1S/C70H45N5/c1-5-17-46(18-6-1)62-45-63(72-70(71-62)48-19-7-2-8-20-48)47-29-35-55(36-30-47)75-68-43-51(49-31-37-58-56-25-13-15-27-64(56)73(66(58)41-49)53-21-9-3-10-22-53)33-39-60(68)61-40-34-52(44-69(61)75)50-32-38-59-57-26-14-16-28-65(57)74(67(59)42-50)54-23-11-4-12-24-54/h1-45H. The van der Waals surface area contributed by atoms with E-state index < -0.39 is 0 Å². The number of benzene rings is 11. The third-order valence-electron chi connectivity index (χ3n) is 15.1. The van der Waals surface area contributed by atoms with Crippen LogP contribution in [0, 0.1) is 0 Å². The molecule has 0 aliphatic heterocycles. The molecule has 4 aromatic heterocycles. The van der Waals surface area contributed by atoms with E-state index in [9.17, 15) is 0 Å². The number of fused-ring (bicyclic) bond motifs is 9. The Morgan fingerprint density at radius 3 is 0.907 bits per heavy atom. The predicted octanol–water partition coefficient (Wildman–Crippen LogP) is 18.1. The van der Waals surface area contributed by atoms with Crippen molar-refractivity contribution in [2.75, 3.05) is 0 Å². The Morgan fingerprint density at radius 1 is 0.200 bits per heavy atom. The van der Waals surface area contributed by atoms with Crippen molar-refractivity contribution in [3.8, 4) is 73.2 Å². The van der Waals surface area contributed by atoms with Gasteiger partial charge in [-0.2, -0.15) is 0 Å². The molecule has 0 saturated heterocycles. The first kappa shape index (κ1) is 42.6. The average Bonchev–Trinajstić information content (AvgIpc) is 4.16. The Hall–Kier alpha value is -10.1. The summed E-state index contributed by atoms with van der Waals surface area (Å²) in [4.78, 5) is 10.3. The predicted molar refractivity (Wildman–Crippen MR) is 312 cm³/mol. The molecule has 15 aromatic rings. The molecule has 0 fully saturated rings. The third-order valence-corrected chi connectivity index (χ3v) is 15.1. The Balaban J connectivity index is 0.920. The highest BCUT2D eigenvalue weighted by Gasteiger charge is 2.20. The second kappa shape index (κ2) is 17.3. The van der Waals surface area contributed by atoms with Crippen LogP contribution in [0.1, 0.15) is 0 Å². The zero-order valence-electron chi connectivity index (χ0n) is 40.7. The summed E-state index contributed by atoms with van der Waals surface area (Å²) < 4.78 is 7.24. The summed E-state index contributed by atoms with van der Waals surface area (Å²) in [5, 5.41) is 7.34. The molecular formula is C70H45N5. The highest BCUT2D eigenvalue weighted by atomic mass is 15.0. The maximum absolute atomic E-state index is 5.18. The molecule has 75 heavy (non-hydrogen) atoms. The van der Waals surface area contributed by atoms with E-state index in [1.54, 1.807) is 0 Å². The van der Waals surface area contributed by atoms with Gasteiger partial charge in [-0.25, -0.2) is 9.97 Å². The molecule has 0 spiro atoms. The zero-order chi connectivity index (χ0) is 49.4. The zero-order valence-corrected chi connectivity index (χ0v) is 40.7. The summed E-state index contributed by atoms with van der Waals surface area (Å²) in [6.07, 6.45) is 0. The van der Waals surface area contributed by atoms with Gasteiger partial charge in [-0.1, -0.05) is 194 Å². The first-order chi connectivity index (χ1) is 37.2. The van der Waals surface area contributed by atoms with Crippen LogP contribution in [0.2, 0.25) is 0 Å². The minimum atomic E-state index is 0.697. The van der Waals surface area contributed by atoms with Gasteiger partial charge in [0, 0.05) is 66.1 Å². The SMILES string of the molecule is c1ccc(-c2cc(-c3ccc(-n4c5cc(-c6ccc7c8ccccc8n(-c8ccccc8)c7c6)ccc5c5ccc(-c6ccc7c8ccccc8n(-c8ccccc8)c7c6)cc54)cc3)nc(-c3ccccc3)n2)cc1. The molecule has 0 atom stereocenters. The topological polar surface area (TPSA) is 40.6 Å². The molecule has 0 amide bonds. The molecule has 15 rings (SSSR count). The van der Waals surface area contributed by atoms with Crippen molar-refractivity contribution < 1.29 is 0 Å². The van der Waals surface area contributed by atoms with Crippen LogP contribution in [0.15, 0.2) is 273 Å². The van der Waals surface area contributed by atoms with Crippen molar-refractivity contribution in [1.82, 2.24) is 23.7 Å². The normalized spacial score (nSPS) is 11.7. The maximum atomic E-state index is 5.18. The van der Waals surface area contributed by atoms with E-state index in [1.165, 1.54) is 54.4 Å². The largest absolute Gasteiger partial charge is 0.309 e. The first-order valence-electron chi connectivity index (χ1n) is 25.6. The van der Waals surface area contributed by atoms with E-state index in [0.29, 0.717) is 5.82 Å². The lowest BCUT2D eigenvalue weighted by molar-refractivity contribution is 1.17. The number of rotatable bonds is 8. The van der Waals surface area contributed by atoms with Crippen molar-refractivity contribution in [3.63, 3.8) is 0 Å². The van der Waals surface area contributed by atoms with Crippen molar-refractivity contribution in [2.45, 2.75) is 0 Å². The summed E-state index contributed by atoms with van der Waals surface area (Å²) in [5.74, 6) is 0.697. The fourth-order valence-electron chi connectivity index (χ4n) is 11.5. The van der Waals surface area contributed by atoms with Crippen molar-refractivity contribution in [1.29, 1.82) is 0 Å². The minimum Gasteiger partial charge on any atom is -0.309 e. The smallest absolute Gasteiger partial charge is 0.160 e. The summed E-state index contributed by atoms with van der Waals surface area (Å²) in [7, 11) is 0. The van der Waals surface area contributed by atoms with Crippen LogP contribution in [0.25, 0.3) is 139 Å². The second-order valence-electron chi connectivity index (χ2n) is 19.4. The molecule has 0 aliphatic rings. The van der Waals surface area contributed by atoms with Crippen LogP contribution in [-0.4, -0.2) is 23.7 Å². The summed E-state index contributed by atoms with van der Waals surface area (Å²) >= 11 is 0. The van der Waals surface area contributed by atoms with Crippen LogP contribution in [0.5, 0.6) is 0 Å². The summed E-state index contributed by atoms with van der Waals surface area (Å²) in [5.41, 5.74) is 19.8. The van der Waals surface area contributed by atoms with E-state index in [-0.39, 0.29) is 0 Å². The Kier molecular flexibility index (Phi) is 9.82. The molecule has 350 valence electrons. The van der Waals surface area contributed by atoms with Crippen LogP contribution in [-0.2, 0) is 0 Å². The van der Waals surface area contributed by atoms with Crippen molar-refractivity contribution in [2.24, 2.45) is 0 Å². The maximum Gasteiger partial charge on any atom is 0.160 e.